The van der Waals surface area contributed by atoms with Crippen molar-refractivity contribution in [3.05, 3.63) is 28.2 Å². The zero-order chi connectivity index (χ0) is 14.0. The fraction of sp³-hybridized carbons (Fsp3) is 0.385. The van der Waals surface area contributed by atoms with E-state index in [-0.39, 0.29) is 11.7 Å². The minimum absolute atomic E-state index is 0.191. The summed E-state index contributed by atoms with van der Waals surface area (Å²) in [6.45, 7) is 4.12. The van der Waals surface area contributed by atoms with Gasteiger partial charge in [-0.3, -0.25) is 4.57 Å². The molecule has 0 aliphatic carbocycles. The molecule has 0 radical (unpaired) electrons. The first-order valence-electron chi connectivity index (χ1n) is 6.11. The molecule has 0 fully saturated rings. The number of nitrogens with zero attached hydrogens (tertiary/aromatic N) is 1. The second-order valence-electron chi connectivity index (χ2n) is 4.01. The molecule has 0 aliphatic heterocycles. The van der Waals surface area contributed by atoms with E-state index < -0.39 is 0 Å². The van der Waals surface area contributed by atoms with Gasteiger partial charge in [-0.2, -0.15) is 0 Å². The maximum atomic E-state index is 11.9. The fourth-order valence-electron chi connectivity index (χ4n) is 1.90. The Hall–Kier alpha value is -1.69. The number of ether oxygens (including phenoxy) is 1. The molecule has 0 aliphatic rings. The Kier molecular flexibility index (Phi) is 3.99. The zero-order valence-corrected chi connectivity index (χ0v) is 12.0. The van der Waals surface area contributed by atoms with Gasteiger partial charge < -0.3 is 9.72 Å². The van der Waals surface area contributed by atoms with Gasteiger partial charge in [0.25, 0.3) is 0 Å². The minimum atomic E-state index is -0.356. The van der Waals surface area contributed by atoms with Gasteiger partial charge in [-0.05, 0) is 24.8 Å². The lowest BCUT2D eigenvalue weighted by Crippen LogP contribution is -2.11. The summed E-state index contributed by atoms with van der Waals surface area (Å²) in [6.07, 6.45) is 0. The normalized spacial score (nSPS) is 10.9. The summed E-state index contributed by atoms with van der Waals surface area (Å²) in [5, 5.41) is 0. The van der Waals surface area contributed by atoms with Gasteiger partial charge in [0.2, 0.25) is 0 Å². The van der Waals surface area contributed by atoms with Crippen LogP contribution in [0.25, 0.3) is 11.0 Å². The van der Waals surface area contributed by atoms with Crippen molar-refractivity contribution in [1.29, 1.82) is 0 Å². The van der Waals surface area contributed by atoms with E-state index in [2.05, 4.69) is 4.98 Å². The Labute approximate surface area is 115 Å². The Morgan fingerprint density at radius 2 is 2.16 bits per heavy atom. The van der Waals surface area contributed by atoms with Gasteiger partial charge in [0.1, 0.15) is 0 Å². The highest BCUT2D eigenvalue weighted by Crippen LogP contribution is 2.27. The second-order valence-corrected chi connectivity index (χ2v) is 5.31. The molecule has 0 spiro atoms. The van der Waals surface area contributed by atoms with Gasteiger partial charge in [-0.15, -0.1) is 11.8 Å². The number of thioether (sulfide) groups is 1. The number of aromatic amines is 1. The zero-order valence-electron chi connectivity index (χ0n) is 11.1. The molecule has 0 bridgehead atoms. The summed E-state index contributed by atoms with van der Waals surface area (Å²) in [5.41, 5.74) is 1.75. The number of hydrogen-bond acceptors (Lipinski definition) is 4. The van der Waals surface area contributed by atoms with Crippen molar-refractivity contribution in [3.63, 3.8) is 0 Å². The number of aromatic nitrogens is 2. The second kappa shape index (κ2) is 5.52. The smallest absolute Gasteiger partial charge is 0.339 e. The molecular weight excluding hydrogens is 264 g/mol. The third-order valence-corrected chi connectivity index (χ3v) is 3.74. The molecule has 5 nitrogen and oxygen atoms in total. The van der Waals surface area contributed by atoms with E-state index in [4.69, 9.17) is 4.74 Å². The Morgan fingerprint density at radius 1 is 1.42 bits per heavy atom. The van der Waals surface area contributed by atoms with Gasteiger partial charge in [-0.1, -0.05) is 6.92 Å². The van der Waals surface area contributed by atoms with E-state index in [1.54, 1.807) is 31.8 Å². The van der Waals surface area contributed by atoms with E-state index in [1.807, 2.05) is 13.0 Å². The third-order valence-electron chi connectivity index (χ3n) is 2.80. The molecule has 102 valence electrons. The van der Waals surface area contributed by atoms with Crippen molar-refractivity contribution < 1.29 is 9.53 Å². The van der Waals surface area contributed by atoms with Gasteiger partial charge in [0.15, 0.2) is 0 Å². The molecule has 0 amide bonds. The van der Waals surface area contributed by atoms with Crippen LogP contribution in [0.2, 0.25) is 0 Å². The molecule has 0 saturated carbocycles. The number of carbonyl (C=O) groups is 1. The Balaban J connectivity index is 2.63. The van der Waals surface area contributed by atoms with E-state index in [0.717, 1.165) is 16.2 Å². The van der Waals surface area contributed by atoms with Crippen LogP contribution in [-0.4, -0.2) is 27.9 Å². The number of carbonyl (C=O) groups excluding carboxylic acids is 1. The average Bonchev–Trinajstić information content (AvgIpc) is 2.65. The standard InChI is InChI=1S/C13H16N2O3S/c1-4-18-12(16)8-6-9-10(7-11(8)19-5-2)15(3)13(17)14-9/h6-7H,4-5H2,1-3H3,(H,14,17). The number of imidazole rings is 1. The SMILES string of the molecule is CCOC(=O)c1cc2[nH]c(=O)n(C)c2cc1SCC. The average molecular weight is 280 g/mol. The van der Waals surface area contributed by atoms with Gasteiger partial charge >= 0.3 is 11.7 Å². The van der Waals surface area contributed by atoms with Crippen LogP contribution in [0.1, 0.15) is 24.2 Å². The summed E-state index contributed by atoms with van der Waals surface area (Å²) in [6, 6.07) is 3.54. The maximum absolute atomic E-state index is 11.9. The molecule has 2 rings (SSSR count). The van der Waals surface area contributed by atoms with E-state index >= 15 is 0 Å². The van der Waals surface area contributed by atoms with Gasteiger partial charge in [0, 0.05) is 11.9 Å². The van der Waals surface area contributed by atoms with Crippen LogP contribution in [0, 0.1) is 0 Å². The first-order valence-corrected chi connectivity index (χ1v) is 7.09. The predicted molar refractivity (Wildman–Crippen MR) is 75.9 cm³/mol. The number of aryl methyl sites for hydroxylation is 1. The number of benzene rings is 1. The third kappa shape index (κ3) is 2.53. The summed E-state index contributed by atoms with van der Waals surface area (Å²) < 4.78 is 6.58. The highest BCUT2D eigenvalue weighted by Gasteiger charge is 2.16. The number of rotatable bonds is 4. The molecule has 1 N–H and O–H groups in total. The summed E-state index contributed by atoms with van der Waals surface area (Å²) in [7, 11) is 1.70. The van der Waals surface area contributed by atoms with Crippen molar-refractivity contribution in [2.75, 3.05) is 12.4 Å². The van der Waals surface area contributed by atoms with Crippen LogP contribution >= 0.6 is 11.8 Å². The van der Waals surface area contributed by atoms with Crippen molar-refractivity contribution >= 4 is 28.8 Å². The lowest BCUT2D eigenvalue weighted by molar-refractivity contribution is 0.0522. The predicted octanol–water partition coefficient (Wildman–Crippen LogP) is 2.16. The van der Waals surface area contributed by atoms with Crippen LogP contribution in [-0.2, 0) is 11.8 Å². The lowest BCUT2D eigenvalue weighted by Gasteiger charge is -2.08. The van der Waals surface area contributed by atoms with Gasteiger partial charge in [0.05, 0.1) is 23.2 Å². The molecule has 19 heavy (non-hydrogen) atoms. The van der Waals surface area contributed by atoms with Crippen LogP contribution in [0.3, 0.4) is 0 Å². The van der Waals surface area contributed by atoms with Gasteiger partial charge in [-0.25, -0.2) is 9.59 Å². The number of H-pyrrole nitrogens is 1. The van der Waals surface area contributed by atoms with Crippen LogP contribution < -0.4 is 5.69 Å². The number of nitrogens with one attached hydrogen (secondary N) is 1. The number of esters is 1. The van der Waals surface area contributed by atoms with Crippen molar-refractivity contribution in [3.8, 4) is 0 Å². The molecule has 1 heterocycles. The van der Waals surface area contributed by atoms with Crippen molar-refractivity contribution in [2.45, 2.75) is 18.7 Å². The fourth-order valence-corrected chi connectivity index (χ4v) is 2.70. The quantitative estimate of drug-likeness (QED) is 0.688. The van der Waals surface area contributed by atoms with Crippen LogP contribution in [0.5, 0.6) is 0 Å². The molecule has 1 aromatic heterocycles. The summed E-state index contributed by atoms with van der Waals surface area (Å²) in [5.74, 6) is 0.487. The minimum Gasteiger partial charge on any atom is -0.462 e. The van der Waals surface area contributed by atoms with E-state index in [0.29, 0.717) is 17.7 Å². The summed E-state index contributed by atoms with van der Waals surface area (Å²) >= 11 is 1.56. The topological polar surface area (TPSA) is 64.1 Å². The molecule has 0 saturated heterocycles. The van der Waals surface area contributed by atoms with E-state index in [9.17, 15) is 9.59 Å². The van der Waals surface area contributed by atoms with Crippen LogP contribution in [0.4, 0.5) is 0 Å². The Bertz CT molecular complexity index is 672. The number of hydrogen-bond donors (Lipinski definition) is 1. The maximum Gasteiger partial charge on any atom is 0.339 e. The molecule has 0 atom stereocenters. The largest absolute Gasteiger partial charge is 0.462 e. The number of fused-ring (bicyclic) bond motifs is 1. The molecule has 0 unspecified atom stereocenters. The van der Waals surface area contributed by atoms with Crippen molar-refractivity contribution in [2.24, 2.45) is 7.05 Å². The monoisotopic (exact) mass is 280 g/mol. The molecular formula is C13H16N2O3S. The highest BCUT2D eigenvalue weighted by molar-refractivity contribution is 7.99. The molecule has 6 heteroatoms. The lowest BCUT2D eigenvalue weighted by atomic mass is 10.2. The highest BCUT2D eigenvalue weighted by atomic mass is 32.2. The Morgan fingerprint density at radius 3 is 2.79 bits per heavy atom. The first-order chi connectivity index (χ1) is 9.08. The first kappa shape index (κ1) is 13.7. The summed E-state index contributed by atoms with van der Waals surface area (Å²) in [4.78, 5) is 27.1. The van der Waals surface area contributed by atoms with Crippen LogP contribution in [0.15, 0.2) is 21.8 Å². The van der Waals surface area contributed by atoms with Crippen molar-refractivity contribution in [1.82, 2.24) is 9.55 Å². The molecule has 1 aromatic carbocycles. The van der Waals surface area contributed by atoms with E-state index in [1.165, 1.54) is 4.57 Å². The molecule has 2 aromatic rings.